The van der Waals surface area contributed by atoms with Gasteiger partial charge in [0.2, 0.25) is 5.95 Å². The number of aliphatic imine (C=N–C) groups is 1. The molecule has 10 heteroatoms. The lowest BCUT2D eigenvalue weighted by molar-refractivity contribution is -0.0286. The van der Waals surface area contributed by atoms with Crippen molar-refractivity contribution in [2.24, 2.45) is 16.6 Å². The summed E-state index contributed by atoms with van der Waals surface area (Å²) in [6.45, 7) is 3.23. The number of anilines is 1. The first kappa shape index (κ1) is 20.3. The molecular weight excluding hydrogens is 408 g/mol. The quantitative estimate of drug-likeness (QED) is 0.442. The van der Waals surface area contributed by atoms with Gasteiger partial charge in [0.1, 0.15) is 5.84 Å². The molecule has 2 fully saturated rings. The second kappa shape index (κ2) is 7.79. The Kier molecular flexibility index (Phi) is 4.93. The molecule has 3 aromatic rings. The summed E-state index contributed by atoms with van der Waals surface area (Å²) >= 11 is 0. The first-order chi connectivity index (χ1) is 15.4. The number of rotatable bonds is 6. The maximum Gasteiger partial charge on any atom is 0.281 e. The van der Waals surface area contributed by atoms with Gasteiger partial charge in [0, 0.05) is 30.4 Å². The summed E-state index contributed by atoms with van der Waals surface area (Å²) in [6.07, 6.45) is 10.3. The van der Waals surface area contributed by atoms with Gasteiger partial charge in [-0.2, -0.15) is 10.1 Å². The normalized spacial score (nSPS) is 18.7. The van der Waals surface area contributed by atoms with E-state index in [9.17, 15) is 4.79 Å². The number of ether oxygens (including phenoxy) is 1. The van der Waals surface area contributed by atoms with E-state index >= 15 is 0 Å². The number of carbonyl (C=O) groups excluding carboxylic acids is 1. The molecule has 3 aromatic heterocycles. The van der Waals surface area contributed by atoms with Crippen LogP contribution in [0.4, 0.5) is 5.95 Å². The van der Waals surface area contributed by atoms with E-state index in [1.165, 1.54) is 6.20 Å². The van der Waals surface area contributed by atoms with Gasteiger partial charge in [0.15, 0.2) is 0 Å². The topological polar surface area (TPSA) is 147 Å². The maximum atomic E-state index is 12.8. The highest BCUT2D eigenvalue weighted by Crippen LogP contribution is 2.47. The predicted octanol–water partition coefficient (Wildman–Crippen LogP) is 1.75. The number of aromatic nitrogens is 5. The minimum Gasteiger partial charge on any atom is -0.386 e. The molecule has 2 aliphatic rings. The summed E-state index contributed by atoms with van der Waals surface area (Å²) < 4.78 is 6.92. The Bertz CT molecular complexity index is 1160. The number of hydrogen-bond acceptors (Lipinski definition) is 7. The van der Waals surface area contributed by atoms with E-state index < -0.39 is 11.3 Å². The van der Waals surface area contributed by atoms with Crippen molar-refractivity contribution >= 4 is 17.7 Å². The molecule has 1 saturated carbocycles. The number of pyridine rings is 1. The Labute approximate surface area is 184 Å². The van der Waals surface area contributed by atoms with Crippen molar-refractivity contribution in [2.75, 3.05) is 18.9 Å². The number of amides is 1. The third kappa shape index (κ3) is 3.62. The SMILES string of the molecule is CC(C(N)=NC(=O)c1cnn(C2COC2)c1)(c1ccc(-c2cnc(N)nc2)nc1)C1CC1. The molecule has 1 atom stereocenters. The fourth-order valence-electron chi connectivity index (χ4n) is 3.91. The van der Waals surface area contributed by atoms with Crippen LogP contribution < -0.4 is 11.5 Å². The number of nitrogens with two attached hydrogens (primary N) is 2. The molecule has 32 heavy (non-hydrogen) atoms. The van der Waals surface area contributed by atoms with Crippen LogP contribution in [0.15, 0.2) is 48.1 Å². The number of nitrogen functional groups attached to an aromatic ring is 1. The predicted molar refractivity (Wildman–Crippen MR) is 118 cm³/mol. The molecule has 1 amide bonds. The van der Waals surface area contributed by atoms with Gasteiger partial charge in [-0.25, -0.2) is 9.97 Å². The van der Waals surface area contributed by atoms with Gasteiger partial charge < -0.3 is 16.2 Å². The maximum absolute atomic E-state index is 12.8. The fraction of sp³-hybridized carbons (Fsp3) is 0.364. The molecule has 4 heterocycles. The van der Waals surface area contributed by atoms with Gasteiger partial charge >= 0.3 is 0 Å². The standard InChI is InChI=1S/C22H24N8O2/c1-22(15-2-3-15,16-4-5-18(25-9-16)13-6-26-21(24)27-7-13)20(23)29-19(31)14-8-28-30(10-14)17-11-32-12-17/h4-10,15,17H,2-3,11-12H2,1H3,(H2,23,29,31)(H2,24,26,27). The van der Waals surface area contributed by atoms with Crippen LogP contribution in [0.25, 0.3) is 11.3 Å². The van der Waals surface area contributed by atoms with Crippen LogP contribution in [0.5, 0.6) is 0 Å². The molecule has 0 bridgehead atoms. The molecule has 5 rings (SSSR count). The summed E-state index contributed by atoms with van der Waals surface area (Å²) in [5, 5.41) is 4.26. The lowest BCUT2D eigenvalue weighted by Gasteiger charge is -2.29. The van der Waals surface area contributed by atoms with Gasteiger partial charge in [0.05, 0.1) is 42.1 Å². The zero-order chi connectivity index (χ0) is 22.3. The number of nitrogens with zero attached hydrogens (tertiary/aromatic N) is 6. The van der Waals surface area contributed by atoms with Crippen molar-refractivity contribution in [1.29, 1.82) is 0 Å². The lowest BCUT2D eigenvalue weighted by atomic mass is 9.77. The Morgan fingerprint density at radius 2 is 1.91 bits per heavy atom. The molecule has 0 radical (unpaired) electrons. The van der Waals surface area contributed by atoms with Crippen LogP contribution in [0.1, 0.15) is 41.7 Å². The average molecular weight is 432 g/mol. The van der Waals surface area contributed by atoms with E-state index in [1.54, 1.807) is 29.5 Å². The molecule has 1 aliphatic heterocycles. The van der Waals surface area contributed by atoms with E-state index in [2.05, 4.69) is 25.0 Å². The minimum absolute atomic E-state index is 0.172. The number of carbonyl (C=O) groups is 1. The van der Waals surface area contributed by atoms with Crippen LogP contribution in [0.3, 0.4) is 0 Å². The van der Waals surface area contributed by atoms with Crippen molar-refractivity contribution in [1.82, 2.24) is 24.7 Å². The van der Waals surface area contributed by atoms with E-state index in [4.69, 9.17) is 16.2 Å². The largest absolute Gasteiger partial charge is 0.386 e. The van der Waals surface area contributed by atoms with Crippen LogP contribution in [-0.4, -0.2) is 49.7 Å². The van der Waals surface area contributed by atoms with Crippen LogP contribution in [0, 0.1) is 5.92 Å². The van der Waals surface area contributed by atoms with Gasteiger partial charge in [-0.3, -0.25) is 14.5 Å². The third-order valence-electron chi connectivity index (χ3n) is 6.32. The molecule has 1 unspecified atom stereocenters. The molecule has 10 nitrogen and oxygen atoms in total. The summed E-state index contributed by atoms with van der Waals surface area (Å²) in [4.78, 5) is 29.7. The van der Waals surface area contributed by atoms with Crippen LogP contribution in [-0.2, 0) is 10.2 Å². The number of amidine groups is 1. The summed E-state index contributed by atoms with van der Waals surface area (Å²) in [7, 11) is 0. The monoisotopic (exact) mass is 432 g/mol. The highest BCUT2D eigenvalue weighted by Gasteiger charge is 2.46. The van der Waals surface area contributed by atoms with Gasteiger partial charge in [0.25, 0.3) is 5.91 Å². The van der Waals surface area contributed by atoms with E-state index in [0.717, 1.165) is 29.7 Å². The van der Waals surface area contributed by atoms with E-state index in [1.807, 2.05) is 19.1 Å². The summed E-state index contributed by atoms with van der Waals surface area (Å²) in [5.41, 5.74) is 14.2. The average Bonchev–Trinajstić information content (AvgIpc) is 3.51. The Hall–Kier alpha value is -3.66. The lowest BCUT2D eigenvalue weighted by Crippen LogP contribution is -2.41. The Balaban J connectivity index is 1.40. The smallest absolute Gasteiger partial charge is 0.281 e. The van der Waals surface area contributed by atoms with Crippen molar-refractivity contribution in [3.63, 3.8) is 0 Å². The Morgan fingerprint density at radius 1 is 1.16 bits per heavy atom. The molecule has 0 spiro atoms. The van der Waals surface area contributed by atoms with E-state index in [0.29, 0.717) is 24.7 Å². The third-order valence-corrected chi connectivity index (χ3v) is 6.32. The van der Waals surface area contributed by atoms with Crippen LogP contribution in [0.2, 0.25) is 0 Å². The van der Waals surface area contributed by atoms with Gasteiger partial charge in [-0.15, -0.1) is 0 Å². The van der Waals surface area contributed by atoms with Crippen molar-refractivity contribution < 1.29 is 9.53 Å². The summed E-state index contributed by atoms with van der Waals surface area (Å²) in [6, 6.07) is 4.04. The van der Waals surface area contributed by atoms with Crippen molar-refractivity contribution in [3.05, 3.63) is 54.2 Å². The van der Waals surface area contributed by atoms with Crippen LogP contribution >= 0.6 is 0 Å². The molecule has 1 saturated heterocycles. The molecular formula is C22H24N8O2. The molecule has 4 N–H and O–H groups in total. The zero-order valence-corrected chi connectivity index (χ0v) is 17.7. The highest BCUT2D eigenvalue weighted by atomic mass is 16.5. The first-order valence-corrected chi connectivity index (χ1v) is 10.5. The number of hydrogen-bond donors (Lipinski definition) is 2. The van der Waals surface area contributed by atoms with Crippen molar-refractivity contribution in [2.45, 2.75) is 31.2 Å². The molecule has 0 aromatic carbocycles. The first-order valence-electron chi connectivity index (χ1n) is 10.5. The van der Waals surface area contributed by atoms with E-state index in [-0.39, 0.29) is 17.8 Å². The fourth-order valence-corrected chi connectivity index (χ4v) is 3.91. The second-order valence-corrected chi connectivity index (χ2v) is 8.44. The Morgan fingerprint density at radius 3 is 2.50 bits per heavy atom. The molecule has 164 valence electrons. The van der Waals surface area contributed by atoms with Crippen molar-refractivity contribution in [3.8, 4) is 11.3 Å². The van der Waals surface area contributed by atoms with Gasteiger partial charge in [-0.1, -0.05) is 6.07 Å². The zero-order valence-electron chi connectivity index (χ0n) is 17.7. The second-order valence-electron chi connectivity index (χ2n) is 8.44. The van der Waals surface area contributed by atoms with Gasteiger partial charge in [-0.05, 0) is 37.3 Å². The molecule has 1 aliphatic carbocycles. The minimum atomic E-state index is -0.587. The summed E-state index contributed by atoms with van der Waals surface area (Å²) in [5.74, 6) is 0.410. The highest BCUT2D eigenvalue weighted by molar-refractivity contribution is 6.06.